The highest BCUT2D eigenvalue weighted by molar-refractivity contribution is 6.06. The molecule has 1 aromatic carbocycles. The Bertz CT molecular complexity index is 475. The van der Waals surface area contributed by atoms with Crippen LogP contribution >= 0.6 is 0 Å². The number of hydrogen-bond acceptors (Lipinski definition) is 2. The van der Waals surface area contributed by atoms with E-state index in [2.05, 4.69) is 17.4 Å². The van der Waals surface area contributed by atoms with Gasteiger partial charge in [-0.15, -0.1) is 0 Å². The first kappa shape index (κ1) is 12.1. The zero-order valence-electron chi connectivity index (χ0n) is 10.9. The van der Waals surface area contributed by atoms with Crippen molar-refractivity contribution >= 4 is 11.6 Å². The molecule has 0 aromatic heterocycles. The van der Waals surface area contributed by atoms with Gasteiger partial charge >= 0.3 is 0 Å². The summed E-state index contributed by atoms with van der Waals surface area (Å²) >= 11 is 0. The van der Waals surface area contributed by atoms with Crippen LogP contribution in [0.4, 0.5) is 5.69 Å². The highest BCUT2D eigenvalue weighted by Gasteiger charge is 2.39. The van der Waals surface area contributed by atoms with E-state index in [0.29, 0.717) is 0 Å². The second-order valence-corrected chi connectivity index (χ2v) is 5.60. The van der Waals surface area contributed by atoms with Gasteiger partial charge in [-0.1, -0.05) is 12.1 Å². The van der Waals surface area contributed by atoms with Crippen molar-refractivity contribution in [2.45, 2.75) is 45.6 Å². The molecule has 3 N–H and O–H groups in total. The van der Waals surface area contributed by atoms with E-state index in [0.717, 1.165) is 23.2 Å². The van der Waals surface area contributed by atoms with Gasteiger partial charge in [0.1, 0.15) is 0 Å². The maximum atomic E-state index is 11.9. The van der Waals surface area contributed by atoms with Gasteiger partial charge < -0.3 is 11.1 Å². The summed E-state index contributed by atoms with van der Waals surface area (Å²) in [6.45, 7) is 7.95. The third-order valence-electron chi connectivity index (χ3n) is 3.43. The maximum absolute atomic E-state index is 11.9. The van der Waals surface area contributed by atoms with Crippen LogP contribution in [0.5, 0.6) is 0 Å². The molecule has 0 spiro atoms. The summed E-state index contributed by atoms with van der Waals surface area (Å²) in [6.07, 6.45) is 0.846. The summed E-state index contributed by atoms with van der Waals surface area (Å²) in [7, 11) is 0. The fourth-order valence-corrected chi connectivity index (χ4v) is 2.40. The minimum absolute atomic E-state index is 0.0774. The van der Waals surface area contributed by atoms with Crippen molar-refractivity contribution in [3.05, 3.63) is 28.8 Å². The van der Waals surface area contributed by atoms with E-state index >= 15 is 0 Å². The number of nitrogens with two attached hydrogens (primary N) is 1. The Balaban J connectivity index is 2.51. The zero-order chi connectivity index (χ0) is 12.8. The lowest BCUT2D eigenvalue weighted by Gasteiger charge is -2.17. The first-order valence-electron chi connectivity index (χ1n) is 6.03. The lowest BCUT2D eigenvalue weighted by Crippen LogP contribution is -2.27. The van der Waals surface area contributed by atoms with Crippen molar-refractivity contribution in [1.29, 1.82) is 0 Å². The Hall–Kier alpha value is -1.35. The molecule has 92 valence electrons. The van der Waals surface area contributed by atoms with Crippen LogP contribution in [0.2, 0.25) is 0 Å². The molecule has 0 saturated heterocycles. The number of carbonyl (C=O) groups excluding carboxylic acids is 1. The van der Waals surface area contributed by atoms with Crippen LogP contribution in [0, 0.1) is 6.92 Å². The average Bonchev–Trinajstić information content (AvgIpc) is 2.40. The van der Waals surface area contributed by atoms with E-state index < -0.39 is 5.41 Å². The van der Waals surface area contributed by atoms with E-state index in [1.165, 1.54) is 5.56 Å². The van der Waals surface area contributed by atoms with Crippen molar-refractivity contribution in [3.8, 4) is 0 Å². The molecule has 1 aliphatic rings. The second-order valence-electron chi connectivity index (χ2n) is 5.60. The first-order valence-corrected chi connectivity index (χ1v) is 6.03. The topological polar surface area (TPSA) is 55.1 Å². The number of nitrogens with one attached hydrogen (secondary N) is 1. The smallest absolute Gasteiger partial charge is 0.234 e. The van der Waals surface area contributed by atoms with Crippen LogP contribution in [0.3, 0.4) is 0 Å². The van der Waals surface area contributed by atoms with Gasteiger partial charge in [0.15, 0.2) is 0 Å². The van der Waals surface area contributed by atoms with E-state index in [1.807, 2.05) is 27.7 Å². The third kappa shape index (κ3) is 1.95. The Morgan fingerprint density at radius 3 is 2.65 bits per heavy atom. The molecule has 1 heterocycles. The van der Waals surface area contributed by atoms with Gasteiger partial charge in [0.05, 0.1) is 5.41 Å². The number of hydrogen-bond donors (Lipinski definition) is 2. The minimum atomic E-state index is -0.437. The summed E-state index contributed by atoms with van der Waals surface area (Å²) in [5.74, 6) is 0.0774. The third-order valence-corrected chi connectivity index (χ3v) is 3.43. The summed E-state index contributed by atoms with van der Waals surface area (Å²) in [6, 6.07) is 4.37. The van der Waals surface area contributed by atoms with Crippen LogP contribution in [0.25, 0.3) is 0 Å². The van der Waals surface area contributed by atoms with Crippen molar-refractivity contribution in [2.24, 2.45) is 5.73 Å². The normalized spacial score (nSPS) is 18.8. The molecule has 1 aromatic rings. The Kier molecular flexibility index (Phi) is 2.74. The molecule has 0 fully saturated rings. The predicted octanol–water partition coefficient (Wildman–Crippen LogP) is 2.11. The van der Waals surface area contributed by atoms with E-state index in [9.17, 15) is 4.79 Å². The van der Waals surface area contributed by atoms with E-state index in [1.54, 1.807) is 0 Å². The molecule has 17 heavy (non-hydrogen) atoms. The molecule has 3 nitrogen and oxygen atoms in total. The van der Waals surface area contributed by atoms with E-state index in [4.69, 9.17) is 5.73 Å². The predicted molar refractivity (Wildman–Crippen MR) is 70.2 cm³/mol. The molecule has 1 amide bonds. The van der Waals surface area contributed by atoms with Crippen LogP contribution in [0.1, 0.15) is 37.5 Å². The quantitative estimate of drug-likeness (QED) is 0.820. The highest BCUT2D eigenvalue weighted by atomic mass is 16.2. The summed E-state index contributed by atoms with van der Waals surface area (Å²) in [5.41, 5.74) is 9.80. The van der Waals surface area contributed by atoms with Gasteiger partial charge in [-0.2, -0.15) is 0 Å². The molecule has 0 saturated carbocycles. The first-order chi connectivity index (χ1) is 7.82. The van der Waals surface area contributed by atoms with E-state index in [-0.39, 0.29) is 11.9 Å². The number of rotatable bonds is 2. The molecule has 1 aliphatic heterocycles. The van der Waals surface area contributed by atoms with Crippen LogP contribution in [-0.4, -0.2) is 11.9 Å². The molecule has 1 unspecified atom stereocenters. The second kappa shape index (κ2) is 3.84. The van der Waals surface area contributed by atoms with Crippen LogP contribution in [0.15, 0.2) is 12.1 Å². The van der Waals surface area contributed by atoms with Gasteiger partial charge in [-0.05, 0) is 50.8 Å². The summed E-state index contributed by atoms with van der Waals surface area (Å²) < 4.78 is 0. The number of amides is 1. The van der Waals surface area contributed by atoms with Crippen molar-refractivity contribution in [3.63, 3.8) is 0 Å². The molecular weight excluding hydrogens is 212 g/mol. The largest absolute Gasteiger partial charge is 0.328 e. The lowest BCUT2D eigenvalue weighted by molar-refractivity contribution is -0.119. The summed E-state index contributed by atoms with van der Waals surface area (Å²) in [5, 5.41) is 2.97. The molecule has 3 heteroatoms. The van der Waals surface area contributed by atoms with Gasteiger partial charge in [-0.25, -0.2) is 0 Å². The standard InChI is InChI=1S/C14H20N2O/c1-8-5-10(6-9(2)15)7-11-12(8)16-13(17)14(11,3)4/h5,7,9H,6,15H2,1-4H3,(H,16,17). The maximum Gasteiger partial charge on any atom is 0.234 e. The number of aryl methyl sites for hydroxylation is 1. The Morgan fingerprint density at radius 1 is 1.41 bits per heavy atom. The highest BCUT2D eigenvalue weighted by Crippen LogP contribution is 2.40. The van der Waals surface area contributed by atoms with Gasteiger partial charge in [0.25, 0.3) is 0 Å². The zero-order valence-corrected chi connectivity index (χ0v) is 10.9. The Labute approximate surface area is 102 Å². The lowest BCUT2D eigenvalue weighted by atomic mass is 9.84. The molecule has 0 bridgehead atoms. The Morgan fingerprint density at radius 2 is 2.06 bits per heavy atom. The van der Waals surface area contributed by atoms with Crippen molar-refractivity contribution in [2.75, 3.05) is 5.32 Å². The minimum Gasteiger partial charge on any atom is -0.328 e. The molecule has 2 rings (SSSR count). The number of anilines is 1. The average molecular weight is 232 g/mol. The molecular formula is C14H20N2O. The fourth-order valence-electron chi connectivity index (χ4n) is 2.40. The molecule has 0 radical (unpaired) electrons. The number of fused-ring (bicyclic) bond motifs is 1. The molecule has 0 aliphatic carbocycles. The van der Waals surface area contributed by atoms with Crippen LogP contribution < -0.4 is 11.1 Å². The number of carbonyl (C=O) groups is 1. The monoisotopic (exact) mass is 232 g/mol. The fraction of sp³-hybridized carbons (Fsp3) is 0.500. The summed E-state index contributed by atoms with van der Waals surface area (Å²) in [4.78, 5) is 11.9. The van der Waals surface area contributed by atoms with Gasteiger partial charge in [0, 0.05) is 11.7 Å². The SMILES string of the molecule is Cc1cc(CC(C)N)cc2c1NC(=O)C2(C)C. The van der Waals surface area contributed by atoms with Crippen molar-refractivity contribution in [1.82, 2.24) is 0 Å². The molecule has 1 atom stereocenters. The van der Waals surface area contributed by atoms with Crippen LogP contribution in [-0.2, 0) is 16.6 Å². The van der Waals surface area contributed by atoms with Gasteiger partial charge in [0.2, 0.25) is 5.91 Å². The van der Waals surface area contributed by atoms with Crippen molar-refractivity contribution < 1.29 is 4.79 Å². The number of benzene rings is 1. The van der Waals surface area contributed by atoms with Gasteiger partial charge in [-0.3, -0.25) is 4.79 Å².